The maximum atomic E-state index is 12.2. The average molecular weight is 277 g/mol. The predicted molar refractivity (Wildman–Crippen MR) is 79.9 cm³/mol. The van der Waals surface area contributed by atoms with E-state index in [9.17, 15) is 4.79 Å². The van der Waals surface area contributed by atoms with Gasteiger partial charge >= 0.3 is 6.03 Å². The number of benzene rings is 1. The van der Waals surface area contributed by atoms with Gasteiger partial charge in [0.2, 0.25) is 0 Å². The molecule has 20 heavy (non-hydrogen) atoms. The van der Waals surface area contributed by atoms with E-state index in [0.717, 1.165) is 50.4 Å². The van der Waals surface area contributed by atoms with Crippen LogP contribution >= 0.6 is 0 Å². The van der Waals surface area contributed by atoms with Crippen LogP contribution < -0.4 is 5.32 Å². The summed E-state index contributed by atoms with van der Waals surface area (Å²) >= 11 is 0. The fourth-order valence-electron chi connectivity index (χ4n) is 2.39. The molecule has 0 aromatic heterocycles. The number of carbonyl (C=O) groups is 1. The van der Waals surface area contributed by atoms with E-state index in [-0.39, 0.29) is 12.6 Å². The minimum Gasteiger partial charge on any atom is -0.396 e. The van der Waals surface area contributed by atoms with Gasteiger partial charge in [0.1, 0.15) is 0 Å². The highest BCUT2D eigenvalue weighted by Crippen LogP contribution is 2.11. The molecule has 1 heterocycles. The van der Waals surface area contributed by atoms with Crippen LogP contribution in [0.4, 0.5) is 10.5 Å². The van der Waals surface area contributed by atoms with E-state index < -0.39 is 0 Å². The molecule has 2 N–H and O–H groups in total. The highest BCUT2D eigenvalue weighted by molar-refractivity contribution is 5.89. The number of aliphatic hydroxyl groups is 1. The average Bonchev–Trinajstić information content (AvgIpc) is 2.45. The van der Waals surface area contributed by atoms with Gasteiger partial charge in [-0.1, -0.05) is 12.1 Å². The molecule has 1 aromatic carbocycles. The van der Waals surface area contributed by atoms with Crippen LogP contribution in [0.5, 0.6) is 0 Å². The Morgan fingerprint density at radius 1 is 1.30 bits per heavy atom. The molecule has 1 saturated heterocycles. The van der Waals surface area contributed by atoms with E-state index in [2.05, 4.69) is 10.2 Å². The largest absolute Gasteiger partial charge is 0.396 e. The number of aryl methyl sites for hydroxylation is 1. The lowest BCUT2D eigenvalue weighted by molar-refractivity contribution is 0.139. The Hall–Kier alpha value is -1.59. The molecule has 5 heteroatoms. The number of anilines is 1. The van der Waals surface area contributed by atoms with Crippen LogP contribution in [0.15, 0.2) is 24.3 Å². The first-order chi connectivity index (χ1) is 9.69. The maximum Gasteiger partial charge on any atom is 0.321 e. The molecule has 1 aliphatic heterocycles. The van der Waals surface area contributed by atoms with Crippen LogP contribution in [0.25, 0.3) is 0 Å². The summed E-state index contributed by atoms with van der Waals surface area (Å²) in [7, 11) is 0. The zero-order valence-electron chi connectivity index (χ0n) is 12.0. The smallest absolute Gasteiger partial charge is 0.321 e. The van der Waals surface area contributed by atoms with Crippen molar-refractivity contribution in [2.24, 2.45) is 0 Å². The molecule has 1 aromatic rings. The molecule has 0 atom stereocenters. The zero-order valence-corrected chi connectivity index (χ0v) is 12.0. The summed E-state index contributed by atoms with van der Waals surface area (Å²) in [5, 5.41) is 11.8. The van der Waals surface area contributed by atoms with Crippen LogP contribution in [0, 0.1) is 6.92 Å². The lowest BCUT2D eigenvalue weighted by Gasteiger charge is -2.34. The lowest BCUT2D eigenvalue weighted by atomic mass is 10.2. The molecule has 110 valence electrons. The lowest BCUT2D eigenvalue weighted by Crippen LogP contribution is -2.50. The number of amides is 2. The van der Waals surface area contributed by atoms with E-state index in [1.165, 1.54) is 0 Å². The molecule has 0 unspecified atom stereocenters. The van der Waals surface area contributed by atoms with Gasteiger partial charge in [0.25, 0.3) is 0 Å². The van der Waals surface area contributed by atoms with Gasteiger partial charge in [-0.2, -0.15) is 0 Å². The van der Waals surface area contributed by atoms with E-state index in [4.69, 9.17) is 5.11 Å². The molecule has 0 spiro atoms. The molecular weight excluding hydrogens is 254 g/mol. The summed E-state index contributed by atoms with van der Waals surface area (Å²) in [6.45, 7) is 6.38. The van der Waals surface area contributed by atoms with Gasteiger partial charge in [-0.3, -0.25) is 4.90 Å². The fraction of sp³-hybridized carbons (Fsp3) is 0.533. The highest BCUT2D eigenvalue weighted by atomic mass is 16.3. The van der Waals surface area contributed by atoms with E-state index in [1.807, 2.05) is 36.1 Å². The number of hydrogen-bond acceptors (Lipinski definition) is 3. The third-order valence-electron chi connectivity index (χ3n) is 3.56. The van der Waals surface area contributed by atoms with Gasteiger partial charge in [0.05, 0.1) is 0 Å². The second kappa shape index (κ2) is 7.26. The Labute approximate surface area is 120 Å². The number of hydrogen-bond donors (Lipinski definition) is 2. The molecule has 5 nitrogen and oxygen atoms in total. The minimum absolute atomic E-state index is 0.0302. The Bertz CT molecular complexity index is 442. The number of urea groups is 1. The van der Waals surface area contributed by atoms with Gasteiger partial charge in [0.15, 0.2) is 0 Å². The topological polar surface area (TPSA) is 55.8 Å². The van der Waals surface area contributed by atoms with Crippen molar-refractivity contribution in [3.05, 3.63) is 29.8 Å². The molecule has 1 aliphatic rings. The quantitative estimate of drug-likeness (QED) is 0.877. The minimum atomic E-state index is -0.0302. The highest BCUT2D eigenvalue weighted by Gasteiger charge is 2.20. The van der Waals surface area contributed by atoms with Crippen LogP contribution in [0.2, 0.25) is 0 Å². The number of carbonyl (C=O) groups excluding carboxylic acids is 1. The molecule has 2 amide bonds. The molecular formula is C15H23N3O2. The summed E-state index contributed by atoms with van der Waals surface area (Å²) in [6.07, 6.45) is 0.801. The first-order valence-corrected chi connectivity index (χ1v) is 7.15. The zero-order chi connectivity index (χ0) is 14.4. The fourth-order valence-corrected chi connectivity index (χ4v) is 2.39. The van der Waals surface area contributed by atoms with Gasteiger partial charge in [-0.15, -0.1) is 0 Å². The number of aliphatic hydroxyl groups excluding tert-OH is 1. The number of nitrogens with one attached hydrogen (secondary N) is 1. The summed E-state index contributed by atoms with van der Waals surface area (Å²) in [5.41, 5.74) is 1.98. The van der Waals surface area contributed by atoms with Crippen molar-refractivity contribution in [2.45, 2.75) is 13.3 Å². The molecule has 0 aliphatic carbocycles. The first kappa shape index (κ1) is 14.8. The van der Waals surface area contributed by atoms with Crippen molar-refractivity contribution >= 4 is 11.7 Å². The number of piperazine rings is 1. The van der Waals surface area contributed by atoms with Crippen molar-refractivity contribution in [1.82, 2.24) is 9.80 Å². The summed E-state index contributed by atoms with van der Waals surface area (Å²) in [5.74, 6) is 0. The van der Waals surface area contributed by atoms with Crippen molar-refractivity contribution in [1.29, 1.82) is 0 Å². The molecule has 0 bridgehead atoms. The second-order valence-electron chi connectivity index (χ2n) is 5.21. The summed E-state index contributed by atoms with van der Waals surface area (Å²) in [4.78, 5) is 16.3. The maximum absolute atomic E-state index is 12.2. The van der Waals surface area contributed by atoms with Crippen molar-refractivity contribution in [3.63, 3.8) is 0 Å². The van der Waals surface area contributed by atoms with Crippen molar-refractivity contribution in [2.75, 3.05) is 44.6 Å². The Morgan fingerprint density at radius 3 is 2.70 bits per heavy atom. The van der Waals surface area contributed by atoms with Gasteiger partial charge in [0, 0.05) is 45.0 Å². The molecule has 2 rings (SSSR count). The normalized spacial score (nSPS) is 16.2. The van der Waals surface area contributed by atoms with Crippen molar-refractivity contribution in [3.8, 4) is 0 Å². The van der Waals surface area contributed by atoms with Crippen molar-refractivity contribution < 1.29 is 9.90 Å². The van der Waals surface area contributed by atoms with Gasteiger partial charge < -0.3 is 15.3 Å². The van der Waals surface area contributed by atoms with Gasteiger partial charge in [-0.25, -0.2) is 4.79 Å². The summed E-state index contributed by atoms with van der Waals surface area (Å²) < 4.78 is 0. The SMILES string of the molecule is Cc1cccc(NC(=O)N2CCN(CCCO)CC2)c1. The van der Waals surface area contributed by atoms with Crippen LogP contribution in [-0.2, 0) is 0 Å². The third-order valence-corrected chi connectivity index (χ3v) is 3.56. The van der Waals surface area contributed by atoms with Crippen LogP contribution in [-0.4, -0.2) is 60.3 Å². The predicted octanol–water partition coefficient (Wildman–Crippen LogP) is 1.53. The first-order valence-electron chi connectivity index (χ1n) is 7.15. The summed E-state index contributed by atoms with van der Waals surface area (Å²) in [6, 6.07) is 7.79. The molecule has 0 saturated carbocycles. The van der Waals surface area contributed by atoms with Crippen LogP contribution in [0.1, 0.15) is 12.0 Å². The number of rotatable bonds is 4. The van der Waals surface area contributed by atoms with E-state index in [1.54, 1.807) is 0 Å². The monoisotopic (exact) mass is 277 g/mol. The molecule has 1 fully saturated rings. The Kier molecular flexibility index (Phi) is 5.38. The number of nitrogens with zero attached hydrogens (tertiary/aromatic N) is 2. The van der Waals surface area contributed by atoms with Crippen LogP contribution in [0.3, 0.4) is 0 Å². The Balaban J connectivity index is 1.80. The van der Waals surface area contributed by atoms with Gasteiger partial charge in [-0.05, 0) is 31.0 Å². The van der Waals surface area contributed by atoms with E-state index >= 15 is 0 Å². The van der Waals surface area contributed by atoms with E-state index in [0.29, 0.717) is 0 Å². The second-order valence-corrected chi connectivity index (χ2v) is 5.21. The standard InChI is InChI=1S/C15H23N3O2/c1-13-4-2-5-14(12-13)16-15(20)18-9-7-17(8-10-18)6-3-11-19/h2,4-5,12,19H,3,6-11H2,1H3,(H,16,20). The third kappa shape index (κ3) is 4.21. The Morgan fingerprint density at radius 2 is 2.05 bits per heavy atom. The molecule has 0 radical (unpaired) electrons.